The van der Waals surface area contributed by atoms with Gasteiger partial charge in [0.25, 0.3) is 0 Å². The Labute approximate surface area is 161 Å². The number of hydrogen-bond donors (Lipinski definition) is 1. The van der Waals surface area contributed by atoms with Crippen molar-refractivity contribution in [1.82, 2.24) is 4.98 Å². The van der Waals surface area contributed by atoms with Crippen LogP contribution < -0.4 is 10.1 Å². The normalized spacial score (nSPS) is 10.5. The molecular formula is C20H20N2O2S2. The number of carbonyl (C=O) groups is 1. The second-order valence-electron chi connectivity index (χ2n) is 5.50. The topological polar surface area (TPSA) is 51.2 Å². The molecule has 0 saturated heterocycles. The van der Waals surface area contributed by atoms with Crippen molar-refractivity contribution < 1.29 is 9.53 Å². The first kappa shape index (κ1) is 18.5. The third kappa shape index (κ3) is 4.45. The van der Waals surface area contributed by atoms with Crippen LogP contribution in [0.4, 0.5) is 5.69 Å². The Morgan fingerprint density at radius 3 is 2.77 bits per heavy atom. The highest BCUT2D eigenvalue weighted by Gasteiger charge is 2.13. The van der Waals surface area contributed by atoms with Gasteiger partial charge < -0.3 is 10.1 Å². The zero-order chi connectivity index (χ0) is 18.4. The molecule has 0 radical (unpaired) electrons. The molecule has 0 bridgehead atoms. The standard InChI is InChI=1S/C20H20N2O2S2/c1-3-24-17-10-6-4-8-15(17)20-21-14(13-26-20)12-19(23)22-16-9-5-7-11-18(16)25-2/h4-11,13H,3,12H2,1-2H3,(H,22,23). The second-order valence-corrected chi connectivity index (χ2v) is 7.20. The minimum atomic E-state index is -0.0681. The largest absolute Gasteiger partial charge is 0.493 e. The van der Waals surface area contributed by atoms with E-state index in [1.807, 2.05) is 67.1 Å². The second kappa shape index (κ2) is 8.87. The number of anilines is 1. The molecule has 4 nitrogen and oxygen atoms in total. The monoisotopic (exact) mass is 384 g/mol. The number of thioether (sulfide) groups is 1. The summed E-state index contributed by atoms with van der Waals surface area (Å²) in [5, 5.41) is 5.76. The van der Waals surface area contributed by atoms with Crippen LogP contribution in [0.25, 0.3) is 10.6 Å². The van der Waals surface area contributed by atoms with Crippen molar-refractivity contribution in [2.24, 2.45) is 0 Å². The number of hydrogen-bond acceptors (Lipinski definition) is 5. The average Bonchev–Trinajstić information content (AvgIpc) is 3.11. The molecule has 26 heavy (non-hydrogen) atoms. The Bertz CT molecular complexity index is 893. The summed E-state index contributed by atoms with van der Waals surface area (Å²) in [6.45, 7) is 2.56. The molecular weight excluding hydrogens is 364 g/mol. The summed E-state index contributed by atoms with van der Waals surface area (Å²) in [5.41, 5.74) is 2.55. The van der Waals surface area contributed by atoms with Crippen LogP contribution in [0.3, 0.4) is 0 Å². The number of ether oxygens (including phenoxy) is 1. The maximum atomic E-state index is 12.4. The number of benzene rings is 2. The van der Waals surface area contributed by atoms with Crippen LogP contribution in [-0.2, 0) is 11.2 Å². The number of nitrogens with one attached hydrogen (secondary N) is 1. The quantitative estimate of drug-likeness (QED) is 0.575. The average molecular weight is 385 g/mol. The fourth-order valence-corrected chi connectivity index (χ4v) is 3.95. The van der Waals surface area contributed by atoms with E-state index >= 15 is 0 Å². The van der Waals surface area contributed by atoms with Gasteiger partial charge in [-0.2, -0.15) is 0 Å². The number of rotatable bonds is 7. The van der Waals surface area contributed by atoms with Crippen LogP contribution in [0, 0.1) is 0 Å². The maximum Gasteiger partial charge on any atom is 0.230 e. The van der Waals surface area contributed by atoms with Gasteiger partial charge in [-0.15, -0.1) is 23.1 Å². The molecule has 1 N–H and O–H groups in total. The molecule has 1 aromatic heterocycles. The number of nitrogens with zero attached hydrogens (tertiary/aromatic N) is 1. The minimum Gasteiger partial charge on any atom is -0.493 e. The first-order valence-electron chi connectivity index (χ1n) is 8.30. The molecule has 1 heterocycles. The van der Waals surface area contributed by atoms with Crippen LogP contribution in [0.5, 0.6) is 5.75 Å². The van der Waals surface area contributed by atoms with Crippen LogP contribution in [-0.4, -0.2) is 23.8 Å². The van der Waals surface area contributed by atoms with Gasteiger partial charge in [-0.25, -0.2) is 4.98 Å². The SMILES string of the molecule is CCOc1ccccc1-c1nc(CC(=O)Nc2ccccc2SC)cs1. The molecule has 0 unspecified atom stereocenters. The molecule has 0 spiro atoms. The lowest BCUT2D eigenvalue weighted by atomic mass is 10.2. The third-order valence-corrected chi connectivity index (χ3v) is 5.41. The Hall–Kier alpha value is -2.31. The van der Waals surface area contributed by atoms with E-state index in [4.69, 9.17) is 4.74 Å². The molecule has 0 atom stereocenters. The Kier molecular flexibility index (Phi) is 6.30. The van der Waals surface area contributed by atoms with Crippen LogP contribution >= 0.6 is 23.1 Å². The van der Waals surface area contributed by atoms with Crippen LogP contribution in [0.15, 0.2) is 58.8 Å². The predicted octanol–water partition coefficient (Wildman–Crippen LogP) is 5.11. The van der Waals surface area contributed by atoms with E-state index in [-0.39, 0.29) is 12.3 Å². The summed E-state index contributed by atoms with van der Waals surface area (Å²) in [6, 6.07) is 15.6. The van der Waals surface area contributed by atoms with Crippen LogP contribution in [0.1, 0.15) is 12.6 Å². The summed E-state index contributed by atoms with van der Waals surface area (Å²) < 4.78 is 5.67. The number of carbonyl (C=O) groups excluding carboxylic acids is 1. The van der Waals surface area contributed by atoms with E-state index in [0.717, 1.165) is 32.6 Å². The van der Waals surface area contributed by atoms with Crippen molar-refractivity contribution in [3.05, 3.63) is 59.6 Å². The molecule has 0 saturated carbocycles. The van der Waals surface area contributed by atoms with Gasteiger partial charge in [0, 0.05) is 10.3 Å². The lowest BCUT2D eigenvalue weighted by Gasteiger charge is -2.08. The van der Waals surface area contributed by atoms with Gasteiger partial charge >= 0.3 is 0 Å². The highest BCUT2D eigenvalue weighted by molar-refractivity contribution is 7.98. The molecule has 6 heteroatoms. The van der Waals surface area contributed by atoms with Gasteiger partial charge in [0.1, 0.15) is 10.8 Å². The van der Waals surface area contributed by atoms with Crippen molar-refractivity contribution in [3.63, 3.8) is 0 Å². The molecule has 0 fully saturated rings. The molecule has 134 valence electrons. The fraction of sp³-hybridized carbons (Fsp3) is 0.200. The molecule has 0 aliphatic rings. The smallest absolute Gasteiger partial charge is 0.230 e. The summed E-state index contributed by atoms with van der Waals surface area (Å²) in [4.78, 5) is 18.1. The zero-order valence-corrected chi connectivity index (χ0v) is 16.3. The van der Waals surface area contributed by atoms with Gasteiger partial charge in [-0.3, -0.25) is 4.79 Å². The third-order valence-electron chi connectivity index (χ3n) is 3.69. The van der Waals surface area contributed by atoms with E-state index in [2.05, 4.69) is 10.3 Å². The van der Waals surface area contributed by atoms with Gasteiger partial charge in [-0.05, 0) is 37.4 Å². The number of para-hydroxylation sites is 2. The predicted molar refractivity (Wildman–Crippen MR) is 109 cm³/mol. The lowest BCUT2D eigenvalue weighted by Crippen LogP contribution is -2.15. The van der Waals surface area contributed by atoms with Gasteiger partial charge in [0.05, 0.1) is 30.0 Å². The number of aromatic nitrogens is 1. The first-order chi connectivity index (χ1) is 12.7. The van der Waals surface area contributed by atoms with E-state index in [1.54, 1.807) is 11.8 Å². The minimum absolute atomic E-state index is 0.0681. The highest BCUT2D eigenvalue weighted by Crippen LogP contribution is 2.32. The van der Waals surface area contributed by atoms with E-state index in [1.165, 1.54) is 11.3 Å². The van der Waals surface area contributed by atoms with Crippen molar-refractivity contribution >= 4 is 34.7 Å². The molecule has 3 aromatic rings. The van der Waals surface area contributed by atoms with E-state index in [0.29, 0.717) is 6.61 Å². The molecule has 3 rings (SSSR count). The molecule has 0 aliphatic heterocycles. The van der Waals surface area contributed by atoms with Gasteiger partial charge in [0.15, 0.2) is 0 Å². The van der Waals surface area contributed by atoms with Crippen molar-refractivity contribution in [2.75, 3.05) is 18.2 Å². The Balaban J connectivity index is 1.72. The molecule has 0 aliphatic carbocycles. The van der Waals surface area contributed by atoms with Crippen molar-refractivity contribution in [1.29, 1.82) is 0 Å². The summed E-state index contributed by atoms with van der Waals surface area (Å²) in [7, 11) is 0. The summed E-state index contributed by atoms with van der Waals surface area (Å²) in [6.07, 6.45) is 2.24. The first-order valence-corrected chi connectivity index (χ1v) is 10.4. The number of amides is 1. The van der Waals surface area contributed by atoms with Crippen molar-refractivity contribution in [2.45, 2.75) is 18.2 Å². The highest BCUT2D eigenvalue weighted by atomic mass is 32.2. The number of thiazole rings is 1. The van der Waals surface area contributed by atoms with E-state index in [9.17, 15) is 4.79 Å². The zero-order valence-electron chi connectivity index (χ0n) is 14.7. The molecule has 1 amide bonds. The van der Waals surface area contributed by atoms with Gasteiger partial charge in [-0.1, -0.05) is 24.3 Å². The summed E-state index contributed by atoms with van der Waals surface area (Å²) >= 11 is 3.13. The summed E-state index contributed by atoms with van der Waals surface area (Å²) in [5.74, 6) is 0.746. The Morgan fingerprint density at radius 2 is 1.96 bits per heavy atom. The maximum absolute atomic E-state index is 12.4. The molecule has 2 aromatic carbocycles. The van der Waals surface area contributed by atoms with Gasteiger partial charge in [0.2, 0.25) is 5.91 Å². The van der Waals surface area contributed by atoms with Crippen LogP contribution in [0.2, 0.25) is 0 Å². The van der Waals surface area contributed by atoms with E-state index < -0.39 is 0 Å². The fourth-order valence-electron chi connectivity index (χ4n) is 2.54. The Morgan fingerprint density at radius 1 is 1.19 bits per heavy atom. The lowest BCUT2D eigenvalue weighted by molar-refractivity contribution is -0.115. The van der Waals surface area contributed by atoms with Crippen molar-refractivity contribution in [3.8, 4) is 16.3 Å².